The summed E-state index contributed by atoms with van der Waals surface area (Å²) in [5.41, 5.74) is 22.3. The average Bonchev–Trinajstić information content (AvgIpc) is 3.42. The predicted octanol–water partition coefficient (Wildman–Crippen LogP) is 1.11. The van der Waals surface area contributed by atoms with Gasteiger partial charge in [-0.1, -0.05) is 58.1 Å². The van der Waals surface area contributed by atoms with Gasteiger partial charge in [-0.3, -0.25) is 14.5 Å². The maximum absolute atomic E-state index is 13.1. The molecule has 0 saturated carbocycles. The van der Waals surface area contributed by atoms with Crippen LogP contribution < -0.4 is 28.3 Å². The van der Waals surface area contributed by atoms with Gasteiger partial charge >= 0.3 is 5.97 Å². The SMILES string of the molecule is CCSC(N=C(N)N)c1nc(N)sc1SC1=C(C(=O)O)N2C(=O)[C@@H](NC(=O)/C(=N\O)c3nc(N)sc3Cl)[C@H]2SC1. The van der Waals surface area contributed by atoms with Gasteiger partial charge in [-0.15, -0.1) is 23.5 Å². The smallest absolute Gasteiger partial charge is 0.353 e. The second-order valence-corrected chi connectivity index (χ2v) is 14.2. The number of hydrogen-bond acceptors (Lipinski definition) is 15. The van der Waals surface area contributed by atoms with E-state index < -0.39 is 40.3 Å². The number of aliphatic carboxylic acids is 1. The molecule has 2 amide bonds. The van der Waals surface area contributed by atoms with Gasteiger partial charge in [0.25, 0.3) is 11.8 Å². The molecule has 2 aromatic heterocycles. The van der Waals surface area contributed by atoms with E-state index in [4.69, 9.17) is 34.5 Å². The molecular weight excluding hydrogens is 644 g/mol. The summed E-state index contributed by atoms with van der Waals surface area (Å²) in [5, 5.41) is 23.9. The standard InChI is InChI=1S/C19H21ClN10O5S5/c1-2-36-12(28-17(21)22)7-16(40-19(24)27-7)38-4-3-37-14-8(13(32)30(14)9(4)15(33)34)25-11(31)6(29-35)5-10(20)39-18(23)26-5/h8,12,14,35H,2-3H2,1H3,(H2,23,26)(H2,24,27)(H,25,31)(H,33,34)(H4,21,22,28)/b29-6-/t8-,12?,14-/m1/s1. The van der Waals surface area contributed by atoms with Crippen LogP contribution in [0.5, 0.6) is 0 Å². The van der Waals surface area contributed by atoms with Crippen molar-refractivity contribution in [3.05, 3.63) is 26.3 Å². The first-order valence-electron chi connectivity index (χ1n) is 11.0. The molecule has 0 aromatic carbocycles. The number of aliphatic imine (C=N–C) groups is 1. The van der Waals surface area contributed by atoms with E-state index in [1.165, 1.54) is 23.5 Å². The normalized spacial score (nSPS) is 19.6. The second kappa shape index (κ2) is 12.3. The van der Waals surface area contributed by atoms with E-state index in [1.807, 2.05) is 6.92 Å². The number of fused-ring (bicyclic) bond motifs is 1. The zero-order valence-corrected chi connectivity index (χ0v) is 25.1. The number of halogens is 1. The molecule has 0 spiro atoms. The Morgan fingerprint density at radius 3 is 2.55 bits per heavy atom. The molecular formula is C19H21ClN10O5S5. The van der Waals surface area contributed by atoms with E-state index in [2.05, 4.69) is 25.4 Å². The Kier molecular flexibility index (Phi) is 9.25. The van der Waals surface area contributed by atoms with E-state index >= 15 is 0 Å². The number of carbonyl (C=O) groups excluding carboxylic acids is 2. The molecule has 0 aliphatic carbocycles. The van der Waals surface area contributed by atoms with Crippen molar-refractivity contribution in [2.45, 2.75) is 27.9 Å². The number of anilines is 2. The number of rotatable bonds is 10. The lowest BCUT2D eigenvalue weighted by atomic mass is 10.0. The number of amides is 2. The lowest BCUT2D eigenvalue weighted by Crippen LogP contribution is -2.71. The van der Waals surface area contributed by atoms with Crippen molar-refractivity contribution in [2.24, 2.45) is 21.6 Å². The molecule has 214 valence electrons. The van der Waals surface area contributed by atoms with Gasteiger partial charge in [-0.2, -0.15) is 0 Å². The van der Waals surface area contributed by atoms with E-state index in [0.717, 1.165) is 39.3 Å². The van der Waals surface area contributed by atoms with Crippen LogP contribution in [0.4, 0.5) is 10.3 Å². The Morgan fingerprint density at radius 1 is 1.27 bits per heavy atom. The Morgan fingerprint density at radius 2 is 1.98 bits per heavy atom. The van der Waals surface area contributed by atoms with Crippen LogP contribution in [0.1, 0.15) is 23.7 Å². The number of nitrogens with two attached hydrogens (primary N) is 4. The highest BCUT2D eigenvalue weighted by Gasteiger charge is 2.54. The van der Waals surface area contributed by atoms with Crippen molar-refractivity contribution in [1.82, 2.24) is 20.2 Å². The third-order valence-electron chi connectivity index (χ3n) is 5.24. The summed E-state index contributed by atoms with van der Waals surface area (Å²) in [5.74, 6) is -2.18. The van der Waals surface area contributed by atoms with Gasteiger partial charge < -0.3 is 38.6 Å². The highest BCUT2D eigenvalue weighted by Crippen LogP contribution is 2.49. The van der Waals surface area contributed by atoms with Crippen LogP contribution in [-0.2, 0) is 14.4 Å². The summed E-state index contributed by atoms with van der Waals surface area (Å²) in [6, 6.07) is -1.09. The molecule has 1 saturated heterocycles. The number of nitrogen functional groups attached to an aromatic ring is 2. The minimum absolute atomic E-state index is 0.0225. The van der Waals surface area contributed by atoms with Gasteiger partial charge in [0.2, 0.25) is 0 Å². The van der Waals surface area contributed by atoms with Crippen LogP contribution >= 0.6 is 69.6 Å². The number of thioether (sulfide) groups is 3. The molecule has 11 N–H and O–H groups in total. The number of aromatic nitrogens is 2. The fraction of sp³-hybridized carbons (Fsp3) is 0.316. The number of β-lactam (4-membered cyclic amide) rings is 1. The second-order valence-electron chi connectivity index (χ2n) is 7.75. The van der Waals surface area contributed by atoms with Gasteiger partial charge in [-0.05, 0) is 5.75 Å². The summed E-state index contributed by atoms with van der Waals surface area (Å²) >= 11 is 11.8. The van der Waals surface area contributed by atoms with Crippen LogP contribution in [0.15, 0.2) is 25.0 Å². The lowest BCUT2D eigenvalue weighted by molar-refractivity contribution is -0.150. The van der Waals surface area contributed by atoms with Gasteiger partial charge in [0.1, 0.15) is 38.2 Å². The number of nitrogens with zero attached hydrogens (tertiary/aromatic N) is 5. The summed E-state index contributed by atoms with van der Waals surface area (Å²) in [4.78, 5) is 52.2. The van der Waals surface area contributed by atoms with E-state index in [0.29, 0.717) is 20.6 Å². The number of thiazole rings is 2. The highest BCUT2D eigenvalue weighted by molar-refractivity contribution is 8.07. The molecule has 3 atom stereocenters. The number of nitrogens with one attached hydrogen (secondary N) is 1. The molecule has 4 rings (SSSR count). The molecule has 21 heteroatoms. The van der Waals surface area contributed by atoms with Crippen molar-refractivity contribution in [3.63, 3.8) is 0 Å². The minimum Gasteiger partial charge on any atom is -0.477 e. The van der Waals surface area contributed by atoms with Crippen LogP contribution in [0.25, 0.3) is 0 Å². The minimum atomic E-state index is -1.32. The third kappa shape index (κ3) is 5.91. The molecule has 2 aliphatic rings. The van der Waals surface area contributed by atoms with Crippen molar-refractivity contribution in [1.29, 1.82) is 0 Å². The Balaban J connectivity index is 1.58. The Labute approximate surface area is 251 Å². The van der Waals surface area contributed by atoms with Crippen molar-refractivity contribution >= 4 is 109 Å². The highest BCUT2D eigenvalue weighted by atomic mass is 35.5. The number of carboxylic acid groups (broad SMARTS) is 1. The van der Waals surface area contributed by atoms with Crippen molar-refractivity contribution in [3.8, 4) is 0 Å². The summed E-state index contributed by atoms with van der Waals surface area (Å²) in [6.07, 6.45) is 0. The first-order valence-corrected chi connectivity index (χ1v) is 15.9. The van der Waals surface area contributed by atoms with Gasteiger partial charge in [0, 0.05) is 10.7 Å². The van der Waals surface area contributed by atoms with E-state index in [1.54, 1.807) is 0 Å². The van der Waals surface area contributed by atoms with Gasteiger partial charge in [0.15, 0.2) is 21.9 Å². The maximum Gasteiger partial charge on any atom is 0.353 e. The fourth-order valence-corrected chi connectivity index (χ4v) is 9.33. The molecule has 1 fully saturated rings. The third-order valence-corrected chi connectivity index (χ3v) is 10.9. The number of guanidine groups is 1. The molecule has 0 radical (unpaired) electrons. The zero-order valence-electron chi connectivity index (χ0n) is 20.2. The molecule has 1 unspecified atom stereocenters. The molecule has 40 heavy (non-hydrogen) atoms. The largest absolute Gasteiger partial charge is 0.477 e. The van der Waals surface area contributed by atoms with Crippen LogP contribution in [0, 0.1) is 0 Å². The molecule has 15 nitrogen and oxygen atoms in total. The summed E-state index contributed by atoms with van der Waals surface area (Å²) in [7, 11) is 0. The van der Waals surface area contributed by atoms with Crippen molar-refractivity contribution < 1.29 is 24.7 Å². The zero-order chi connectivity index (χ0) is 29.3. The fourth-order valence-electron chi connectivity index (χ4n) is 3.69. The number of carboxylic acids is 1. The van der Waals surface area contributed by atoms with Crippen LogP contribution in [0.2, 0.25) is 4.34 Å². The summed E-state index contributed by atoms with van der Waals surface area (Å²) < 4.78 is 0.608. The number of carbonyl (C=O) groups is 3. The number of hydrogen-bond donors (Lipinski definition) is 7. The first kappa shape index (κ1) is 30.1. The average molecular weight is 665 g/mol. The van der Waals surface area contributed by atoms with Crippen molar-refractivity contribution in [2.75, 3.05) is 23.0 Å². The molecule has 4 heterocycles. The predicted molar refractivity (Wildman–Crippen MR) is 159 cm³/mol. The first-order chi connectivity index (χ1) is 19.0. The van der Waals surface area contributed by atoms with Gasteiger partial charge in [-0.25, -0.2) is 19.8 Å². The molecule has 0 bridgehead atoms. The maximum atomic E-state index is 13.1. The molecule has 2 aromatic rings. The van der Waals surface area contributed by atoms with Crippen LogP contribution in [-0.4, -0.2) is 77.6 Å². The molecule has 2 aliphatic heterocycles. The monoisotopic (exact) mass is 664 g/mol. The van der Waals surface area contributed by atoms with Gasteiger partial charge in [0.05, 0.1) is 4.21 Å². The van der Waals surface area contributed by atoms with Crippen LogP contribution in [0.3, 0.4) is 0 Å². The lowest BCUT2D eigenvalue weighted by Gasteiger charge is -2.49. The summed E-state index contributed by atoms with van der Waals surface area (Å²) in [6.45, 7) is 1.92. The van der Waals surface area contributed by atoms with E-state index in [9.17, 15) is 24.7 Å². The Bertz CT molecular complexity index is 1450. The quantitative estimate of drug-likeness (QED) is 0.0617. The number of oxime groups is 1. The Hall–Kier alpha value is -2.91. The van der Waals surface area contributed by atoms with E-state index in [-0.39, 0.29) is 37.7 Å². The topological polar surface area (TPSA) is 262 Å².